The van der Waals surface area contributed by atoms with E-state index in [4.69, 9.17) is 9.84 Å². The van der Waals surface area contributed by atoms with Gasteiger partial charge in [-0.1, -0.05) is 103 Å². The van der Waals surface area contributed by atoms with Gasteiger partial charge in [-0.3, -0.25) is 4.79 Å². The molecule has 0 saturated carbocycles. The van der Waals surface area contributed by atoms with Gasteiger partial charge in [-0.15, -0.1) is 6.58 Å². The first kappa shape index (κ1) is 28.6. The third-order valence-electron chi connectivity index (χ3n) is 4.40. The van der Waals surface area contributed by atoms with E-state index in [0.717, 1.165) is 6.42 Å². The van der Waals surface area contributed by atoms with Crippen molar-refractivity contribution in [2.75, 3.05) is 6.61 Å². The molecule has 4 nitrogen and oxygen atoms in total. The van der Waals surface area contributed by atoms with Crippen LogP contribution in [-0.4, -0.2) is 23.7 Å². The summed E-state index contributed by atoms with van der Waals surface area (Å²) in [5, 5.41) is 7.84. The molecule has 0 aromatic carbocycles. The fourth-order valence-electron chi connectivity index (χ4n) is 2.71. The number of esters is 1. The van der Waals surface area contributed by atoms with Crippen molar-refractivity contribution >= 4 is 11.9 Å². The summed E-state index contributed by atoms with van der Waals surface area (Å²) >= 11 is 0. The lowest BCUT2D eigenvalue weighted by Gasteiger charge is -2.04. The monoisotopic (exact) mass is 396 g/mol. The molecule has 0 aliphatic heterocycles. The molecule has 1 N–H and O–H groups in total. The topological polar surface area (TPSA) is 63.6 Å². The molecule has 0 rings (SSSR count). The van der Waals surface area contributed by atoms with Crippen LogP contribution >= 0.6 is 0 Å². The normalized spacial score (nSPS) is 9.93. The minimum absolute atomic E-state index is 0.0556. The highest BCUT2D eigenvalue weighted by Crippen LogP contribution is 2.13. The molecular formula is C24H44O4. The number of rotatable bonds is 18. The quantitative estimate of drug-likeness (QED) is 0.115. The zero-order valence-corrected chi connectivity index (χ0v) is 18.5. The van der Waals surface area contributed by atoms with Crippen molar-refractivity contribution in [2.45, 2.75) is 110 Å². The van der Waals surface area contributed by atoms with Gasteiger partial charge in [0.2, 0.25) is 0 Å². The fourth-order valence-corrected chi connectivity index (χ4v) is 2.71. The van der Waals surface area contributed by atoms with Crippen LogP contribution in [0.2, 0.25) is 0 Å². The minimum atomic E-state index is -0.829. The second-order valence-electron chi connectivity index (χ2n) is 7.40. The first-order valence-electron chi connectivity index (χ1n) is 11.1. The number of aliphatic carboxylic acids is 1. The Bertz CT molecular complexity index is 401. The van der Waals surface area contributed by atoms with Gasteiger partial charge in [-0.2, -0.15) is 0 Å². The van der Waals surface area contributed by atoms with Crippen molar-refractivity contribution in [1.29, 1.82) is 0 Å². The average molecular weight is 397 g/mol. The van der Waals surface area contributed by atoms with Crippen LogP contribution in [0.15, 0.2) is 24.8 Å². The molecule has 0 unspecified atom stereocenters. The van der Waals surface area contributed by atoms with E-state index >= 15 is 0 Å². The van der Waals surface area contributed by atoms with Gasteiger partial charge >= 0.3 is 11.9 Å². The van der Waals surface area contributed by atoms with Crippen molar-refractivity contribution in [3.63, 3.8) is 0 Å². The van der Waals surface area contributed by atoms with E-state index in [1.54, 1.807) is 6.92 Å². The minimum Gasteiger partial charge on any atom is -0.481 e. The number of ether oxygens (including phenoxy) is 1. The summed E-state index contributed by atoms with van der Waals surface area (Å²) in [6, 6.07) is 0. The molecule has 0 aliphatic rings. The predicted octanol–water partition coefficient (Wildman–Crippen LogP) is 7.23. The number of carboxylic acids is 1. The SMILES string of the molecule is C=C(C)C(=O)OCCCCCCCCCCCCCCCC.C=CCC(=O)O. The third-order valence-corrected chi connectivity index (χ3v) is 4.40. The molecule has 0 bridgehead atoms. The third kappa shape index (κ3) is 26.6. The van der Waals surface area contributed by atoms with E-state index in [9.17, 15) is 9.59 Å². The van der Waals surface area contributed by atoms with Crippen LogP contribution in [0, 0.1) is 0 Å². The van der Waals surface area contributed by atoms with Gasteiger partial charge in [-0.25, -0.2) is 4.79 Å². The van der Waals surface area contributed by atoms with E-state index in [1.807, 2.05) is 0 Å². The zero-order valence-electron chi connectivity index (χ0n) is 18.5. The lowest BCUT2D eigenvalue weighted by molar-refractivity contribution is -0.139. The molecule has 0 radical (unpaired) electrons. The van der Waals surface area contributed by atoms with Crippen LogP contribution in [-0.2, 0) is 14.3 Å². The molecule has 164 valence electrons. The summed E-state index contributed by atoms with van der Waals surface area (Å²) < 4.78 is 5.07. The number of carbonyl (C=O) groups is 2. The number of carbonyl (C=O) groups excluding carboxylic acids is 1. The van der Waals surface area contributed by atoms with E-state index in [1.165, 1.54) is 89.5 Å². The highest BCUT2D eigenvalue weighted by molar-refractivity contribution is 5.86. The number of unbranched alkanes of at least 4 members (excludes halogenated alkanes) is 13. The highest BCUT2D eigenvalue weighted by atomic mass is 16.5. The lowest BCUT2D eigenvalue weighted by atomic mass is 10.0. The number of carboxylic acid groups (broad SMARTS) is 1. The van der Waals surface area contributed by atoms with Crippen LogP contribution in [0.3, 0.4) is 0 Å². The van der Waals surface area contributed by atoms with Gasteiger partial charge in [-0.05, 0) is 13.3 Å². The lowest BCUT2D eigenvalue weighted by Crippen LogP contribution is -2.05. The Balaban J connectivity index is 0. The first-order valence-corrected chi connectivity index (χ1v) is 11.1. The first-order chi connectivity index (χ1) is 13.5. The molecule has 0 amide bonds. The fraction of sp³-hybridized carbons (Fsp3) is 0.750. The molecule has 0 aliphatic carbocycles. The van der Waals surface area contributed by atoms with Crippen molar-refractivity contribution < 1.29 is 19.4 Å². The molecule has 28 heavy (non-hydrogen) atoms. The van der Waals surface area contributed by atoms with Crippen LogP contribution in [0.4, 0.5) is 0 Å². The summed E-state index contributed by atoms with van der Waals surface area (Å²) in [6.45, 7) is 11.3. The van der Waals surface area contributed by atoms with E-state index in [2.05, 4.69) is 20.1 Å². The predicted molar refractivity (Wildman–Crippen MR) is 119 cm³/mol. The average Bonchev–Trinajstić information content (AvgIpc) is 2.65. The Morgan fingerprint density at radius 2 is 1.21 bits per heavy atom. The van der Waals surface area contributed by atoms with Crippen molar-refractivity contribution in [3.8, 4) is 0 Å². The molecule has 4 heteroatoms. The van der Waals surface area contributed by atoms with Gasteiger partial charge in [0.25, 0.3) is 0 Å². The van der Waals surface area contributed by atoms with Crippen LogP contribution in [0.25, 0.3) is 0 Å². The standard InChI is InChI=1S/C20H38O2.C4H6O2/c1-4-5-6-7-8-9-10-11-12-13-14-15-16-17-18-22-20(21)19(2)3;1-2-3-4(5)6/h2,4-18H2,1,3H3;2H,1,3H2,(H,5,6). The second kappa shape index (κ2) is 23.5. The Morgan fingerprint density at radius 1 is 0.821 bits per heavy atom. The number of hydrogen-bond donors (Lipinski definition) is 1. The van der Waals surface area contributed by atoms with Crippen molar-refractivity contribution in [2.24, 2.45) is 0 Å². The van der Waals surface area contributed by atoms with E-state index in [0.29, 0.717) is 12.2 Å². The van der Waals surface area contributed by atoms with E-state index in [-0.39, 0.29) is 12.4 Å². The molecule has 0 fully saturated rings. The van der Waals surface area contributed by atoms with Crippen molar-refractivity contribution in [1.82, 2.24) is 0 Å². The summed E-state index contributed by atoms with van der Waals surface area (Å²) in [5.41, 5.74) is 0.491. The number of hydrogen-bond acceptors (Lipinski definition) is 3. The Morgan fingerprint density at radius 3 is 1.50 bits per heavy atom. The highest BCUT2D eigenvalue weighted by Gasteiger charge is 2.01. The molecule has 0 heterocycles. The van der Waals surface area contributed by atoms with Gasteiger partial charge in [0.05, 0.1) is 13.0 Å². The van der Waals surface area contributed by atoms with Crippen molar-refractivity contribution in [3.05, 3.63) is 24.8 Å². The zero-order chi connectivity index (χ0) is 21.5. The maximum Gasteiger partial charge on any atom is 0.333 e. The molecule has 0 aromatic heterocycles. The van der Waals surface area contributed by atoms with Crippen LogP contribution in [0.1, 0.15) is 110 Å². The molecule has 0 saturated heterocycles. The van der Waals surface area contributed by atoms with E-state index < -0.39 is 5.97 Å². The summed E-state index contributed by atoms with van der Waals surface area (Å²) in [5.74, 6) is -1.08. The largest absolute Gasteiger partial charge is 0.481 e. The molecule has 0 spiro atoms. The maximum absolute atomic E-state index is 11.2. The molecular weight excluding hydrogens is 352 g/mol. The van der Waals surface area contributed by atoms with Crippen LogP contribution < -0.4 is 0 Å². The van der Waals surface area contributed by atoms with Crippen LogP contribution in [0.5, 0.6) is 0 Å². The maximum atomic E-state index is 11.2. The smallest absolute Gasteiger partial charge is 0.333 e. The Labute approximate surface area is 173 Å². The van der Waals surface area contributed by atoms with Gasteiger partial charge < -0.3 is 9.84 Å². The van der Waals surface area contributed by atoms with Gasteiger partial charge in [0, 0.05) is 5.57 Å². The summed E-state index contributed by atoms with van der Waals surface area (Å²) in [7, 11) is 0. The summed E-state index contributed by atoms with van der Waals surface area (Å²) in [6.07, 6.45) is 20.2. The Hall–Kier alpha value is -1.58. The second-order valence-corrected chi connectivity index (χ2v) is 7.40. The van der Waals surface area contributed by atoms with Gasteiger partial charge in [0.15, 0.2) is 0 Å². The summed E-state index contributed by atoms with van der Waals surface area (Å²) in [4.78, 5) is 20.7. The molecule has 0 aromatic rings. The Kier molecular flexibility index (Phi) is 24.0. The molecule has 0 atom stereocenters. The van der Waals surface area contributed by atoms with Gasteiger partial charge in [0.1, 0.15) is 0 Å².